The van der Waals surface area contributed by atoms with E-state index < -0.39 is 0 Å². The van der Waals surface area contributed by atoms with Gasteiger partial charge < -0.3 is 5.11 Å². The van der Waals surface area contributed by atoms with Crippen LogP contribution in [0.4, 0.5) is 0 Å². The van der Waals surface area contributed by atoms with E-state index in [1.807, 2.05) is 6.08 Å². The fourth-order valence-electron chi connectivity index (χ4n) is 8.41. The van der Waals surface area contributed by atoms with E-state index in [1.165, 1.54) is 50.5 Å². The van der Waals surface area contributed by atoms with E-state index in [-0.39, 0.29) is 17.4 Å². The summed E-state index contributed by atoms with van der Waals surface area (Å²) in [5.41, 5.74) is 1.77. The minimum Gasteiger partial charge on any atom is -0.393 e. The lowest BCUT2D eigenvalue weighted by molar-refractivity contribution is -0.135. The van der Waals surface area contributed by atoms with E-state index in [0.29, 0.717) is 23.0 Å². The molecule has 0 spiro atoms. The van der Waals surface area contributed by atoms with Gasteiger partial charge in [-0.15, -0.1) is 0 Å². The van der Waals surface area contributed by atoms with Crippen molar-refractivity contribution in [2.24, 2.45) is 46.3 Å². The second kappa shape index (κ2) is 7.81. The van der Waals surface area contributed by atoms with E-state index >= 15 is 0 Å². The highest BCUT2D eigenvalue weighted by atomic mass is 16.3. The van der Waals surface area contributed by atoms with E-state index in [2.05, 4.69) is 34.6 Å². The van der Waals surface area contributed by atoms with Gasteiger partial charge in [-0.3, -0.25) is 4.79 Å². The number of hydrogen-bond acceptors (Lipinski definition) is 2. The van der Waals surface area contributed by atoms with Gasteiger partial charge in [-0.1, -0.05) is 59.5 Å². The van der Waals surface area contributed by atoms with Gasteiger partial charge in [0.1, 0.15) is 0 Å². The molecular formula is C27H44O2. The molecule has 0 amide bonds. The number of aliphatic hydroxyl groups is 1. The second-order valence-corrected chi connectivity index (χ2v) is 12.2. The fraction of sp³-hybridized carbons (Fsp3) is 0.889. The molecule has 0 radical (unpaired) electrons. The molecule has 0 aromatic heterocycles. The summed E-state index contributed by atoms with van der Waals surface area (Å²) in [5, 5.41) is 10.2. The van der Waals surface area contributed by atoms with Gasteiger partial charge in [0, 0.05) is 5.92 Å². The van der Waals surface area contributed by atoms with Crippen molar-refractivity contribution in [1.82, 2.24) is 0 Å². The Morgan fingerprint density at radius 3 is 2.52 bits per heavy atom. The third-order valence-corrected chi connectivity index (χ3v) is 10.1. The van der Waals surface area contributed by atoms with Gasteiger partial charge in [-0.25, -0.2) is 0 Å². The Bertz CT molecular complexity index is 663. The van der Waals surface area contributed by atoms with Gasteiger partial charge in [0.25, 0.3) is 0 Å². The lowest BCUT2D eigenvalue weighted by Crippen LogP contribution is -2.53. The van der Waals surface area contributed by atoms with Gasteiger partial charge in [-0.05, 0) is 91.4 Å². The number of carbonyl (C=O) groups excluding carboxylic acids is 1. The van der Waals surface area contributed by atoms with Crippen molar-refractivity contribution in [2.45, 2.75) is 105 Å². The zero-order valence-corrected chi connectivity index (χ0v) is 19.5. The number of fused-ring (bicyclic) bond motifs is 5. The first-order valence-electron chi connectivity index (χ1n) is 12.6. The quantitative estimate of drug-likeness (QED) is 0.567. The molecular weight excluding hydrogens is 356 g/mol. The third kappa shape index (κ3) is 3.56. The Balaban J connectivity index is 1.54. The minimum absolute atomic E-state index is 0.153. The molecule has 29 heavy (non-hydrogen) atoms. The summed E-state index contributed by atoms with van der Waals surface area (Å²) in [6.45, 7) is 12.1. The Morgan fingerprint density at radius 1 is 1.03 bits per heavy atom. The summed E-state index contributed by atoms with van der Waals surface area (Å²) < 4.78 is 0. The molecule has 4 aliphatic rings. The molecule has 2 nitrogen and oxygen atoms in total. The second-order valence-electron chi connectivity index (χ2n) is 12.2. The Morgan fingerprint density at radius 2 is 1.79 bits per heavy atom. The molecule has 1 N–H and O–H groups in total. The first-order valence-corrected chi connectivity index (χ1v) is 12.6. The monoisotopic (exact) mass is 400 g/mol. The van der Waals surface area contributed by atoms with Crippen LogP contribution >= 0.6 is 0 Å². The summed E-state index contributed by atoms with van der Waals surface area (Å²) in [5.74, 6) is 4.11. The lowest BCUT2D eigenvalue weighted by Gasteiger charge is -2.57. The molecule has 3 fully saturated rings. The maximum Gasteiger partial charge on any atom is 0.159 e. The van der Waals surface area contributed by atoms with Crippen LogP contribution in [0.15, 0.2) is 11.6 Å². The van der Waals surface area contributed by atoms with Gasteiger partial charge in [-0.2, -0.15) is 0 Å². The predicted octanol–water partition coefficient (Wildman–Crippen LogP) is 6.57. The number of rotatable bonds is 5. The van der Waals surface area contributed by atoms with Crippen LogP contribution in [0.5, 0.6) is 0 Å². The van der Waals surface area contributed by atoms with Gasteiger partial charge >= 0.3 is 0 Å². The smallest absolute Gasteiger partial charge is 0.159 e. The van der Waals surface area contributed by atoms with E-state index in [0.717, 1.165) is 37.0 Å². The van der Waals surface area contributed by atoms with Crippen LogP contribution in [0.25, 0.3) is 0 Å². The van der Waals surface area contributed by atoms with Crippen molar-refractivity contribution < 1.29 is 9.90 Å². The minimum atomic E-state index is -0.241. The number of hydrogen-bond donors (Lipinski definition) is 1. The highest BCUT2D eigenvalue weighted by Gasteiger charge is 2.61. The van der Waals surface area contributed by atoms with Crippen LogP contribution < -0.4 is 0 Å². The molecule has 3 saturated carbocycles. The summed E-state index contributed by atoms with van der Waals surface area (Å²) >= 11 is 0. The largest absolute Gasteiger partial charge is 0.393 e. The summed E-state index contributed by atoms with van der Waals surface area (Å²) in [6, 6.07) is 0. The molecule has 2 heteroatoms. The maximum atomic E-state index is 13.4. The molecule has 0 aromatic rings. The third-order valence-electron chi connectivity index (χ3n) is 10.1. The zero-order chi connectivity index (χ0) is 21.0. The van der Waals surface area contributed by atoms with Gasteiger partial charge in [0.15, 0.2) is 5.78 Å². The molecule has 0 saturated heterocycles. The Labute approximate surface area is 178 Å². The first kappa shape index (κ1) is 21.6. The molecule has 1 unspecified atom stereocenters. The molecule has 0 heterocycles. The average molecular weight is 401 g/mol. The fourth-order valence-corrected chi connectivity index (χ4v) is 8.41. The zero-order valence-electron chi connectivity index (χ0n) is 19.5. The summed E-state index contributed by atoms with van der Waals surface area (Å²) in [7, 11) is 0. The van der Waals surface area contributed by atoms with Crippen molar-refractivity contribution in [1.29, 1.82) is 0 Å². The highest BCUT2D eigenvalue weighted by Crippen LogP contribution is 2.66. The highest BCUT2D eigenvalue weighted by molar-refractivity contribution is 5.94. The van der Waals surface area contributed by atoms with Crippen molar-refractivity contribution in [2.75, 3.05) is 0 Å². The maximum absolute atomic E-state index is 13.4. The summed E-state index contributed by atoms with van der Waals surface area (Å²) in [6.07, 6.45) is 13.6. The summed E-state index contributed by atoms with van der Waals surface area (Å²) in [4.78, 5) is 13.4. The van der Waals surface area contributed by atoms with Gasteiger partial charge in [0.2, 0.25) is 0 Å². The molecule has 164 valence electrons. The van der Waals surface area contributed by atoms with Crippen molar-refractivity contribution >= 4 is 5.78 Å². The van der Waals surface area contributed by atoms with Crippen LogP contribution in [0.1, 0.15) is 98.8 Å². The van der Waals surface area contributed by atoms with Crippen LogP contribution in [-0.4, -0.2) is 17.0 Å². The van der Waals surface area contributed by atoms with Crippen molar-refractivity contribution in [3.05, 3.63) is 11.6 Å². The average Bonchev–Trinajstić information content (AvgIpc) is 3.00. The number of ketones is 1. The van der Waals surface area contributed by atoms with E-state index in [4.69, 9.17) is 0 Å². The normalized spacial score (nSPS) is 45.4. The van der Waals surface area contributed by atoms with E-state index in [1.54, 1.807) is 0 Å². The van der Waals surface area contributed by atoms with Crippen LogP contribution in [0.3, 0.4) is 0 Å². The van der Waals surface area contributed by atoms with E-state index in [9.17, 15) is 9.90 Å². The number of carbonyl (C=O) groups is 1. The van der Waals surface area contributed by atoms with Crippen LogP contribution in [0, 0.1) is 46.3 Å². The topological polar surface area (TPSA) is 37.3 Å². The molecule has 0 aromatic carbocycles. The first-order chi connectivity index (χ1) is 13.7. The molecule has 4 rings (SSSR count). The van der Waals surface area contributed by atoms with Gasteiger partial charge in [0.05, 0.1) is 6.10 Å². The van der Waals surface area contributed by atoms with Crippen LogP contribution in [-0.2, 0) is 4.79 Å². The molecule has 0 aliphatic heterocycles. The number of aliphatic hydroxyl groups excluding tert-OH is 1. The molecule has 4 aliphatic carbocycles. The lowest BCUT2D eigenvalue weighted by atomic mass is 9.46. The van der Waals surface area contributed by atoms with Crippen molar-refractivity contribution in [3.8, 4) is 0 Å². The number of allylic oxidation sites excluding steroid dienone is 1. The molecule has 8 atom stereocenters. The predicted molar refractivity (Wildman–Crippen MR) is 119 cm³/mol. The van der Waals surface area contributed by atoms with Crippen molar-refractivity contribution in [3.63, 3.8) is 0 Å². The van der Waals surface area contributed by atoms with Crippen LogP contribution in [0.2, 0.25) is 0 Å². The standard InChI is InChI=1S/C27H44O2/c1-17(2)7-6-8-18(3)21-9-10-22-25-23(12-14-27(21,22)5)26(4)13-11-20(28)15-19(26)16-24(25)29/h16-18,20-23,25,28H,6-15H2,1-5H3/t18-,20?,21-,22+,23+,25+,26+,27-/m1/s1. The molecule has 0 bridgehead atoms. The SMILES string of the molecule is CC(C)CCC[C@@H](C)[C@H]1CC[C@H]2[C@@H]3C(=O)C=C4CC(O)CC[C@]4(C)[C@H]3CC[C@]12C. The Hall–Kier alpha value is -0.630. The Kier molecular flexibility index (Phi) is 5.82.